The van der Waals surface area contributed by atoms with Crippen molar-refractivity contribution < 1.29 is 14.6 Å². The van der Waals surface area contributed by atoms with Gasteiger partial charge in [0.15, 0.2) is 0 Å². The number of carbonyl (C=O) groups excluding carboxylic acids is 1. The second-order valence-electron chi connectivity index (χ2n) is 6.66. The van der Waals surface area contributed by atoms with Crippen molar-refractivity contribution in [3.8, 4) is 5.75 Å². The number of anilines is 1. The molecule has 0 saturated carbocycles. The quantitative estimate of drug-likeness (QED) is 0.832. The van der Waals surface area contributed by atoms with Gasteiger partial charge in [0.2, 0.25) is 5.91 Å². The zero-order valence-corrected chi connectivity index (χ0v) is 14.5. The summed E-state index contributed by atoms with van der Waals surface area (Å²) < 4.78 is 6.00. The lowest BCUT2D eigenvalue weighted by Crippen LogP contribution is -2.35. The Bertz CT molecular complexity index is 576. The molecule has 2 fully saturated rings. The minimum Gasteiger partial charge on any atom is -0.492 e. The molecular weight excluding hydrogens is 304 g/mol. The van der Waals surface area contributed by atoms with E-state index >= 15 is 0 Å². The van der Waals surface area contributed by atoms with Crippen LogP contribution in [0.15, 0.2) is 18.2 Å². The molecule has 1 N–H and O–H groups in total. The Morgan fingerprint density at radius 1 is 1.29 bits per heavy atom. The first-order chi connectivity index (χ1) is 11.7. The van der Waals surface area contributed by atoms with Gasteiger partial charge in [0.1, 0.15) is 12.4 Å². The second kappa shape index (κ2) is 7.99. The normalized spacial score (nSPS) is 21.7. The number of hydrogen-bond donors (Lipinski definition) is 1. The van der Waals surface area contributed by atoms with Gasteiger partial charge in [-0.05, 0) is 56.0 Å². The molecule has 1 amide bonds. The van der Waals surface area contributed by atoms with Gasteiger partial charge in [-0.3, -0.25) is 9.69 Å². The molecular formula is C19H28N2O3. The molecule has 2 saturated heterocycles. The van der Waals surface area contributed by atoms with Gasteiger partial charge in [-0.25, -0.2) is 0 Å². The van der Waals surface area contributed by atoms with Crippen molar-refractivity contribution in [1.82, 2.24) is 4.90 Å². The van der Waals surface area contributed by atoms with Gasteiger partial charge in [0.25, 0.3) is 0 Å². The van der Waals surface area contributed by atoms with Crippen LogP contribution in [0.3, 0.4) is 0 Å². The molecule has 0 unspecified atom stereocenters. The van der Waals surface area contributed by atoms with Crippen LogP contribution >= 0.6 is 0 Å². The van der Waals surface area contributed by atoms with Crippen LogP contribution in [0.5, 0.6) is 5.75 Å². The predicted molar refractivity (Wildman–Crippen MR) is 94.6 cm³/mol. The molecule has 24 heavy (non-hydrogen) atoms. The number of ether oxygens (including phenoxy) is 1. The fraction of sp³-hybridized carbons (Fsp3) is 0.632. The van der Waals surface area contributed by atoms with E-state index in [1.165, 1.54) is 0 Å². The summed E-state index contributed by atoms with van der Waals surface area (Å²) >= 11 is 0. The number of aliphatic hydroxyl groups excluding tert-OH is 1. The van der Waals surface area contributed by atoms with Crippen molar-refractivity contribution in [1.29, 1.82) is 0 Å². The molecule has 2 aliphatic rings. The molecule has 0 bridgehead atoms. The highest BCUT2D eigenvalue weighted by Crippen LogP contribution is 2.28. The number of likely N-dealkylation sites (tertiary alicyclic amines) is 1. The lowest BCUT2D eigenvalue weighted by molar-refractivity contribution is -0.117. The first-order valence-corrected chi connectivity index (χ1v) is 9.14. The van der Waals surface area contributed by atoms with E-state index in [0.717, 1.165) is 62.3 Å². The highest BCUT2D eigenvalue weighted by molar-refractivity contribution is 5.95. The standard InChI is InChI=1S/C19H28N2O3/c1-2-15-13-16(21-10-4-6-19(21)23)7-8-18(15)24-12-11-20-9-3-5-17(20)14-22/h7-8,13,17,22H,2-6,9-12,14H2,1H3/t17-/m1/s1. The molecule has 5 nitrogen and oxygen atoms in total. The molecule has 3 rings (SSSR count). The number of benzene rings is 1. The lowest BCUT2D eigenvalue weighted by atomic mass is 10.1. The van der Waals surface area contributed by atoms with Crippen molar-refractivity contribution in [2.45, 2.75) is 45.1 Å². The highest BCUT2D eigenvalue weighted by atomic mass is 16.5. The van der Waals surface area contributed by atoms with E-state index in [1.54, 1.807) is 0 Å². The summed E-state index contributed by atoms with van der Waals surface area (Å²) in [6.45, 7) is 5.69. The minimum absolute atomic E-state index is 0.217. The van der Waals surface area contributed by atoms with Gasteiger partial charge < -0.3 is 14.7 Å². The molecule has 5 heteroatoms. The van der Waals surface area contributed by atoms with Crippen LogP contribution in [-0.4, -0.2) is 54.8 Å². The minimum atomic E-state index is 0.217. The summed E-state index contributed by atoms with van der Waals surface area (Å²) in [5.41, 5.74) is 2.13. The number of aryl methyl sites for hydroxylation is 1. The SMILES string of the molecule is CCc1cc(N2CCCC2=O)ccc1OCCN1CCC[C@@H]1CO. The molecule has 0 radical (unpaired) electrons. The summed E-state index contributed by atoms with van der Waals surface area (Å²) in [5, 5.41) is 9.38. The molecule has 1 atom stereocenters. The Balaban J connectivity index is 1.60. The van der Waals surface area contributed by atoms with Gasteiger partial charge in [0, 0.05) is 31.2 Å². The zero-order chi connectivity index (χ0) is 16.9. The number of nitrogens with zero attached hydrogens (tertiary/aromatic N) is 2. The Kier molecular flexibility index (Phi) is 5.74. The summed E-state index contributed by atoms with van der Waals surface area (Å²) in [6.07, 6.45) is 4.72. The first-order valence-electron chi connectivity index (χ1n) is 9.14. The van der Waals surface area contributed by atoms with Gasteiger partial charge in [0.05, 0.1) is 6.61 Å². The average Bonchev–Trinajstić information content (AvgIpc) is 3.23. The van der Waals surface area contributed by atoms with Gasteiger partial charge in [-0.1, -0.05) is 6.92 Å². The second-order valence-corrected chi connectivity index (χ2v) is 6.66. The summed E-state index contributed by atoms with van der Waals surface area (Å²) in [6, 6.07) is 6.37. The van der Waals surface area contributed by atoms with Crippen molar-refractivity contribution in [3.05, 3.63) is 23.8 Å². The molecule has 0 aliphatic carbocycles. The molecule has 0 aromatic heterocycles. The van der Waals surface area contributed by atoms with Gasteiger partial charge in [-0.15, -0.1) is 0 Å². The molecule has 132 valence electrons. The molecule has 2 aliphatic heterocycles. The zero-order valence-electron chi connectivity index (χ0n) is 14.5. The van der Waals surface area contributed by atoms with E-state index < -0.39 is 0 Å². The third-order valence-corrected chi connectivity index (χ3v) is 5.16. The predicted octanol–water partition coefficient (Wildman–Crippen LogP) is 2.21. The third kappa shape index (κ3) is 3.73. The maximum Gasteiger partial charge on any atom is 0.227 e. The number of hydrogen-bond acceptors (Lipinski definition) is 4. The van der Waals surface area contributed by atoms with Crippen molar-refractivity contribution in [2.24, 2.45) is 0 Å². The average molecular weight is 332 g/mol. The van der Waals surface area contributed by atoms with Crippen LogP contribution in [0.1, 0.15) is 38.2 Å². The van der Waals surface area contributed by atoms with Gasteiger partial charge >= 0.3 is 0 Å². The monoisotopic (exact) mass is 332 g/mol. The fourth-order valence-corrected chi connectivity index (χ4v) is 3.74. The molecule has 1 aromatic rings. The summed E-state index contributed by atoms with van der Waals surface area (Å²) in [5.74, 6) is 1.13. The maximum atomic E-state index is 11.9. The number of carbonyl (C=O) groups is 1. The molecule has 0 spiro atoms. The van der Waals surface area contributed by atoms with Crippen LogP contribution in [-0.2, 0) is 11.2 Å². The fourth-order valence-electron chi connectivity index (χ4n) is 3.74. The van der Waals surface area contributed by atoms with Crippen molar-refractivity contribution in [3.63, 3.8) is 0 Å². The third-order valence-electron chi connectivity index (χ3n) is 5.16. The number of rotatable bonds is 7. The Morgan fingerprint density at radius 3 is 2.88 bits per heavy atom. The Hall–Kier alpha value is -1.59. The van der Waals surface area contributed by atoms with E-state index in [2.05, 4.69) is 17.9 Å². The van der Waals surface area contributed by atoms with Crippen LogP contribution in [0.4, 0.5) is 5.69 Å². The molecule has 1 aromatic carbocycles. The van der Waals surface area contributed by atoms with E-state index in [9.17, 15) is 9.90 Å². The Labute approximate surface area is 144 Å². The van der Waals surface area contributed by atoms with E-state index in [-0.39, 0.29) is 12.5 Å². The first kappa shape index (κ1) is 17.2. The largest absolute Gasteiger partial charge is 0.492 e. The number of amides is 1. The van der Waals surface area contributed by atoms with Crippen LogP contribution in [0.25, 0.3) is 0 Å². The van der Waals surface area contributed by atoms with Crippen LogP contribution in [0.2, 0.25) is 0 Å². The van der Waals surface area contributed by atoms with E-state index in [4.69, 9.17) is 4.74 Å². The topological polar surface area (TPSA) is 53.0 Å². The lowest BCUT2D eigenvalue weighted by Gasteiger charge is -2.23. The van der Waals surface area contributed by atoms with E-state index in [1.807, 2.05) is 17.0 Å². The van der Waals surface area contributed by atoms with Crippen LogP contribution in [0, 0.1) is 0 Å². The van der Waals surface area contributed by atoms with Gasteiger partial charge in [-0.2, -0.15) is 0 Å². The van der Waals surface area contributed by atoms with Crippen molar-refractivity contribution in [2.75, 3.05) is 37.7 Å². The summed E-state index contributed by atoms with van der Waals surface area (Å²) in [4.78, 5) is 16.1. The van der Waals surface area contributed by atoms with Crippen molar-refractivity contribution >= 4 is 11.6 Å². The molecule has 2 heterocycles. The summed E-state index contributed by atoms with van der Waals surface area (Å²) in [7, 11) is 0. The van der Waals surface area contributed by atoms with E-state index in [0.29, 0.717) is 19.1 Å². The smallest absolute Gasteiger partial charge is 0.227 e. The number of aliphatic hydroxyl groups is 1. The maximum absolute atomic E-state index is 11.9. The Morgan fingerprint density at radius 2 is 2.17 bits per heavy atom. The highest BCUT2D eigenvalue weighted by Gasteiger charge is 2.24. The van der Waals surface area contributed by atoms with Crippen LogP contribution < -0.4 is 9.64 Å².